The number of furan rings is 1. The van der Waals surface area contributed by atoms with Crippen molar-refractivity contribution in [3.8, 4) is 0 Å². The maximum absolute atomic E-state index is 12.9. The molecule has 1 atom stereocenters. The van der Waals surface area contributed by atoms with Crippen LogP contribution in [0.3, 0.4) is 0 Å². The van der Waals surface area contributed by atoms with Gasteiger partial charge in [0.25, 0.3) is 5.91 Å². The maximum Gasteiger partial charge on any atom is 0.410 e. The normalized spacial score (nSPS) is 22.7. The first kappa shape index (κ1) is 18.8. The minimum absolute atomic E-state index is 0.118. The average Bonchev–Trinajstić information content (AvgIpc) is 3.30. The van der Waals surface area contributed by atoms with Crippen molar-refractivity contribution >= 4 is 12.0 Å². The molecular formula is C19H29N3O4. The van der Waals surface area contributed by atoms with Crippen LogP contribution in [0.25, 0.3) is 0 Å². The third-order valence-corrected chi connectivity index (χ3v) is 5.46. The lowest BCUT2D eigenvalue weighted by atomic mass is 10.0. The van der Waals surface area contributed by atoms with E-state index in [9.17, 15) is 9.59 Å². The van der Waals surface area contributed by atoms with Crippen LogP contribution in [0.5, 0.6) is 0 Å². The number of nitrogens with zero attached hydrogens (tertiary/aromatic N) is 3. The van der Waals surface area contributed by atoms with Crippen LogP contribution in [0.4, 0.5) is 4.79 Å². The number of aryl methyl sites for hydroxylation is 1. The zero-order valence-electron chi connectivity index (χ0n) is 16.2. The van der Waals surface area contributed by atoms with Crippen molar-refractivity contribution in [3.05, 3.63) is 23.2 Å². The van der Waals surface area contributed by atoms with E-state index in [4.69, 9.17) is 9.15 Å². The lowest BCUT2D eigenvalue weighted by Gasteiger charge is -2.21. The number of carbonyl (C=O) groups is 2. The lowest BCUT2D eigenvalue weighted by Crippen LogP contribution is -2.39. The molecule has 1 aromatic rings. The van der Waals surface area contributed by atoms with Gasteiger partial charge in [0.05, 0.1) is 13.1 Å². The zero-order valence-corrected chi connectivity index (χ0v) is 16.2. The van der Waals surface area contributed by atoms with Gasteiger partial charge in [-0.15, -0.1) is 0 Å². The van der Waals surface area contributed by atoms with E-state index >= 15 is 0 Å². The number of likely N-dealkylation sites (N-methyl/N-ethyl adjacent to an activating group) is 1. The summed E-state index contributed by atoms with van der Waals surface area (Å²) in [4.78, 5) is 30.2. The van der Waals surface area contributed by atoms with Gasteiger partial charge < -0.3 is 19.0 Å². The van der Waals surface area contributed by atoms with Gasteiger partial charge in [-0.3, -0.25) is 9.69 Å². The molecule has 7 nitrogen and oxygen atoms in total. The SMILES string of the molecule is CCc1oc(C(=O)N2CC[C@]3(CN(C)C(=O)O3)C2)cc1CN(CC)CC. The third kappa shape index (κ3) is 3.45. The number of likely N-dealkylation sites (tertiary alicyclic amines) is 1. The summed E-state index contributed by atoms with van der Waals surface area (Å²) in [5, 5.41) is 0. The standard InChI is InChI=1S/C19H29N3O4/c1-5-15-14(11-21(6-2)7-3)10-16(25-15)17(23)22-9-8-19(13-22)12-20(4)18(24)26-19/h10H,5-9,11-13H2,1-4H3/t19-/m0/s1. The predicted octanol–water partition coefficient (Wildman–Crippen LogP) is 2.35. The molecule has 2 fully saturated rings. The number of rotatable bonds is 6. The molecule has 0 aromatic carbocycles. The van der Waals surface area contributed by atoms with Gasteiger partial charge in [-0.05, 0) is 19.2 Å². The van der Waals surface area contributed by atoms with E-state index in [0.29, 0.717) is 31.8 Å². The van der Waals surface area contributed by atoms with Gasteiger partial charge in [0.1, 0.15) is 5.76 Å². The molecule has 2 amide bonds. The molecule has 2 saturated heterocycles. The molecule has 1 aromatic heterocycles. The fraction of sp³-hybridized carbons (Fsp3) is 0.684. The summed E-state index contributed by atoms with van der Waals surface area (Å²) >= 11 is 0. The van der Waals surface area contributed by atoms with Crippen molar-refractivity contribution in [2.75, 3.05) is 39.8 Å². The largest absolute Gasteiger partial charge is 0.456 e. The minimum Gasteiger partial charge on any atom is -0.456 e. The third-order valence-electron chi connectivity index (χ3n) is 5.46. The van der Waals surface area contributed by atoms with Crippen LogP contribution in [0, 0.1) is 0 Å². The first-order valence-electron chi connectivity index (χ1n) is 9.48. The second-order valence-corrected chi connectivity index (χ2v) is 7.26. The second kappa shape index (κ2) is 7.31. The molecule has 0 radical (unpaired) electrons. The Bertz CT molecular complexity index is 682. The first-order chi connectivity index (χ1) is 12.4. The highest BCUT2D eigenvalue weighted by Crippen LogP contribution is 2.33. The van der Waals surface area contributed by atoms with Crippen LogP contribution in [-0.4, -0.2) is 72.1 Å². The Morgan fingerprint density at radius 3 is 2.58 bits per heavy atom. The fourth-order valence-electron chi connectivity index (χ4n) is 3.87. The van der Waals surface area contributed by atoms with Crippen molar-refractivity contribution in [3.63, 3.8) is 0 Å². The summed E-state index contributed by atoms with van der Waals surface area (Å²) in [5.74, 6) is 1.15. The minimum atomic E-state index is -0.564. The molecule has 2 aliphatic heterocycles. The van der Waals surface area contributed by atoms with Crippen LogP contribution >= 0.6 is 0 Å². The Labute approximate surface area is 154 Å². The highest BCUT2D eigenvalue weighted by atomic mass is 16.6. The summed E-state index contributed by atoms with van der Waals surface area (Å²) in [7, 11) is 1.72. The van der Waals surface area contributed by atoms with Crippen molar-refractivity contribution in [2.24, 2.45) is 0 Å². The van der Waals surface area contributed by atoms with Gasteiger partial charge in [-0.2, -0.15) is 0 Å². The van der Waals surface area contributed by atoms with Gasteiger partial charge in [0.2, 0.25) is 0 Å². The Balaban J connectivity index is 1.72. The fourth-order valence-corrected chi connectivity index (χ4v) is 3.87. The molecule has 1 spiro atoms. The number of amides is 2. The first-order valence-corrected chi connectivity index (χ1v) is 9.48. The summed E-state index contributed by atoms with van der Waals surface area (Å²) in [6.45, 7) is 10.5. The summed E-state index contributed by atoms with van der Waals surface area (Å²) in [5.41, 5.74) is 0.520. The summed E-state index contributed by atoms with van der Waals surface area (Å²) in [6, 6.07) is 1.89. The topological polar surface area (TPSA) is 66.2 Å². The highest BCUT2D eigenvalue weighted by molar-refractivity contribution is 5.92. The molecule has 7 heteroatoms. The van der Waals surface area contributed by atoms with E-state index in [-0.39, 0.29) is 12.0 Å². The molecule has 0 saturated carbocycles. The van der Waals surface area contributed by atoms with E-state index < -0.39 is 5.60 Å². The smallest absolute Gasteiger partial charge is 0.410 e. The Hall–Kier alpha value is -2.02. The van der Waals surface area contributed by atoms with Gasteiger partial charge in [-0.25, -0.2) is 4.79 Å². The van der Waals surface area contributed by atoms with Crippen LogP contribution in [0.1, 0.15) is 49.1 Å². The predicted molar refractivity (Wildman–Crippen MR) is 97.1 cm³/mol. The molecule has 26 heavy (non-hydrogen) atoms. The van der Waals surface area contributed by atoms with Gasteiger partial charge in [0.15, 0.2) is 11.4 Å². The molecule has 2 aliphatic rings. The molecule has 0 N–H and O–H groups in total. The van der Waals surface area contributed by atoms with Gasteiger partial charge in [-0.1, -0.05) is 20.8 Å². The molecular weight excluding hydrogens is 334 g/mol. The average molecular weight is 363 g/mol. The molecule has 144 valence electrons. The Morgan fingerprint density at radius 1 is 1.27 bits per heavy atom. The van der Waals surface area contributed by atoms with E-state index in [1.165, 1.54) is 0 Å². The second-order valence-electron chi connectivity index (χ2n) is 7.26. The van der Waals surface area contributed by atoms with Crippen molar-refractivity contribution < 1.29 is 18.7 Å². The number of carbonyl (C=O) groups excluding carboxylic acids is 2. The monoisotopic (exact) mass is 363 g/mol. The Kier molecular flexibility index (Phi) is 5.27. The number of hydrogen-bond acceptors (Lipinski definition) is 5. The number of hydrogen-bond donors (Lipinski definition) is 0. The van der Waals surface area contributed by atoms with E-state index in [0.717, 1.165) is 37.4 Å². The molecule has 0 bridgehead atoms. The summed E-state index contributed by atoms with van der Waals surface area (Å²) in [6.07, 6.45) is 1.12. The molecule has 0 aliphatic carbocycles. The molecule has 0 unspecified atom stereocenters. The van der Waals surface area contributed by atoms with E-state index in [1.807, 2.05) is 13.0 Å². The van der Waals surface area contributed by atoms with Crippen LogP contribution in [0.2, 0.25) is 0 Å². The van der Waals surface area contributed by atoms with Crippen molar-refractivity contribution in [1.82, 2.24) is 14.7 Å². The van der Waals surface area contributed by atoms with E-state index in [1.54, 1.807) is 16.8 Å². The zero-order chi connectivity index (χ0) is 18.9. The van der Waals surface area contributed by atoms with Gasteiger partial charge in [0, 0.05) is 38.5 Å². The quantitative estimate of drug-likeness (QED) is 0.776. The van der Waals surface area contributed by atoms with Crippen LogP contribution in [-0.2, 0) is 17.7 Å². The highest BCUT2D eigenvalue weighted by Gasteiger charge is 2.49. The molecule has 3 rings (SSSR count). The van der Waals surface area contributed by atoms with Crippen molar-refractivity contribution in [2.45, 2.75) is 45.8 Å². The lowest BCUT2D eigenvalue weighted by molar-refractivity contribution is 0.0538. The molecule has 3 heterocycles. The van der Waals surface area contributed by atoms with Crippen molar-refractivity contribution in [1.29, 1.82) is 0 Å². The van der Waals surface area contributed by atoms with Gasteiger partial charge >= 0.3 is 6.09 Å². The maximum atomic E-state index is 12.9. The Morgan fingerprint density at radius 2 is 2.00 bits per heavy atom. The van der Waals surface area contributed by atoms with E-state index in [2.05, 4.69) is 18.7 Å². The van der Waals surface area contributed by atoms with Crippen LogP contribution in [0.15, 0.2) is 10.5 Å². The van der Waals surface area contributed by atoms with Crippen LogP contribution < -0.4 is 0 Å². The summed E-state index contributed by atoms with van der Waals surface area (Å²) < 4.78 is 11.4. The number of ether oxygens (including phenoxy) is 1.